The van der Waals surface area contributed by atoms with Gasteiger partial charge in [-0.2, -0.15) is 0 Å². The average Bonchev–Trinajstić information content (AvgIpc) is 3.09. The molecule has 2 aromatic rings. The Labute approximate surface area is 125 Å². The molecule has 0 saturated heterocycles. The van der Waals surface area contributed by atoms with E-state index in [4.69, 9.17) is 4.74 Å². The standard InChI is InChI=1S/C19H19NO/c1-2-6-14-10-18-16(9-13(14)5-1)19(12-21-18)11-20-17-8-4-3-7-15(17)19/h3-4,7-10,20H,1-2,5-6,11-12H2. The van der Waals surface area contributed by atoms with Crippen molar-refractivity contribution in [1.29, 1.82) is 0 Å². The van der Waals surface area contributed by atoms with Gasteiger partial charge in [-0.15, -0.1) is 0 Å². The molecule has 1 N–H and O–H groups in total. The van der Waals surface area contributed by atoms with Crippen LogP contribution in [0, 0.1) is 0 Å². The van der Waals surface area contributed by atoms with Gasteiger partial charge in [0.1, 0.15) is 12.4 Å². The number of benzene rings is 2. The molecule has 1 aliphatic carbocycles. The normalized spacial score (nSPS) is 25.0. The van der Waals surface area contributed by atoms with E-state index in [1.54, 1.807) is 5.56 Å². The lowest BCUT2D eigenvalue weighted by atomic mass is 9.76. The van der Waals surface area contributed by atoms with Gasteiger partial charge in [0.2, 0.25) is 0 Å². The number of fused-ring (bicyclic) bond motifs is 5. The third kappa shape index (κ3) is 1.48. The average molecular weight is 277 g/mol. The van der Waals surface area contributed by atoms with E-state index in [1.165, 1.54) is 48.1 Å². The topological polar surface area (TPSA) is 21.3 Å². The zero-order chi connectivity index (χ0) is 13.9. The van der Waals surface area contributed by atoms with E-state index < -0.39 is 0 Å². The molecule has 2 aromatic carbocycles. The molecular formula is C19H19NO. The summed E-state index contributed by atoms with van der Waals surface area (Å²) in [5.74, 6) is 1.12. The maximum Gasteiger partial charge on any atom is 0.123 e. The molecule has 2 heterocycles. The van der Waals surface area contributed by atoms with Crippen molar-refractivity contribution < 1.29 is 4.74 Å². The van der Waals surface area contributed by atoms with Gasteiger partial charge in [-0.25, -0.2) is 0 Å². The molecule has 0 fully saturated rings. The van der Waals surface area contributed by atoms with Crippen molar-refractivity contribution in [3.63, 3.8) is 0 Å². The molecule has 0 saturated carbocycles. The van der Waals surface area contributed by atoms with Crippen molar-refractivity contribution >= 4 is 5.69 Å². The summed E-state index contributed by atoms with van der Waals surface area (Å²) in [4.78, 5) is 0. The summed E-state index contributed by atoms with van der Waals surface area (Å²) in [6, 6.07) is 13.5. The highest BCUT2D eigenvalue weighted by atomic mass is 16.5. The van der Waals surface area contributed by atoms with Crippen LogP contribution in [-0.4, -0.2) is 13.2 Å². The zero-order valence-electron chi connectivity index (χ0n) is 12.1. The summed E-state index contributed by atoms with van der Waals surface area (Å²) in [6.45, 7) is 1.73. The number of para-hydroxylation sites is 1. The molecule has 2 nitrogen and oxygen atoms in total. The number of nitrogens with one attached hydrogen (secondary N) is 1. The van der Waals surface area contributed by atoms with Crippen LogP contribution >= 0.6 is 0 Å². The fourth-order valence-corrected chi connectivity index (χ4v) is 4.30. The van der Waals surface area contributed by atoms with E-state index in [0.717, 1.165) is 18.9 Å². The number of hydrogen-bond donors (Lipinski definition) is 1. The molecule has 1 unspecified atom stereocenters. The number of rotatable bonds is 0. The first-order chi connectivity index (χ1) is 10.4. The smallest absolute Gasteiger partial charge is 0.123 e. The van der Waals surface area contributed by atoms with Crippen molar-refractivity contribution in [3.05, 3.63) is 58.7 Å². The molecular weight excluding hydrogens is 258 g/mol. The van der Waals surface area contributed by atoms with Crippen molar-refractivity contribution in [2.24, 2.45) is 0 Å². The summed E-state index contributed by atoms with van der Waals surface area (Å²) in [5.41, 5.74) is 7.16. The van der Waals surface area contributed by atoms with E-state index in [0.29, 0.717) is 0 Å². The Balaban J connectivity index is 1.71. The number of ether oxygens (including phenoxy) is 1. The van der Waals surface area contributed by atoms with E-state index in [-0.39, 0.29) is 5.41 Å². The van der Waals surface area contributed by atoms with Gasteiger partial charge < -0.3 is 10.1 Å². The fraction of sp³-hybridized carbons (Fsp3) is 0.368. The Morgan fingerprint density at radius 3 is 2.67 bits per heavy atom. The second-order valence-electron chi connectivity index (χ2n) is 6.59. The van der Waals surface area contributed by atoms with Gasteiger partial charge >= 0.3 is 0 Å². The van der Waals surface area contributed by atoms with Crippen LogP contribution in [0.5, 0.6) is 5.75 Å². The second kappa shape index (κ2) is 4.03. The molecule has 5 rings (SSSR count). The number of anilines is 1. The summed E-state index contributed by atoms with van der Waals surface area (Å²) in [5, 5.41) is 3.57. The molecule has 0 bridgehead atoms. The number of hydrogen-bond acceptors (Lipinski definition) is 2. The second-order valence-corrected chi connectivity index (χ2v) is 6.59. The van der Waals surface area contributed by atoms with Gasteiger partial charge in [0.15, 0.2) is 0 Å². The molecule has 0 radical (unpaired) electrons. The van der Waals surface area contributed by atoms with Gasteiger partial charge in [-0.05, 0) is 54.5 Å². The van der Waals surface area contributed by atoms with Crippen LogP contribution in [0.4, 0.5) is 5.69 Å². The van der Waals surface area contributed by atoms with E-state index in [1.807, 2.05) is 0 Å². The third-order valence-electron chi connectivity index (χ3n) is 5.46. The van der Waals surface area contributed by atoms with Crippen LogP contribution in [-0.2, 0) is 18.3 Å². The lowest BCUT2D eigenvalue weighted by Crippen LogP contribution is -2.31. The van der Waals surface area contributed by atoms with Crippen LogP contribution in [0.3, 0.4) is 0 Å². The third-order valence-corrected chi connectivity index (χ3v) is 5.46. The summed E-state index contributed by atoms with van der Waals surface area (Å²) in [7, 11) is 0. The summed E-state index contributed by atoms with van der Waals surface area (Å²) >= 11 is 0. The van der Waals surface area contributed by atoms with Crippen molar-refractivity contribution in [1.82, 2.24) is 0 Å². The Kier molecular flexibility index (Phi) is 2.24. The highest BCUT2D eigenvalue weighted by Crippen LogP contribution is 2.50. The molecule has 1 atom stereocenters. The Hall–Kier alpha value is -1.96. The summed E-state index contributed by atoms with van der Waals surface area (Å²) in [6.07, 6.45) is 5.09. The summed E-state index contributed by atoms with van der Waals surface area (Å²) < 4.78 is 6.12. The van der Waals surface area contributed by atoms with Crippen LogP contribution in [0.2, 0.25) is 0 Å². The highest BCUT2D eigenvalue weighted by Gasteiger charge is 2.47. The quantitative estimate of drug-likeness (QED) is 0.793. The highest BCUT2D eigenvalue weighted by molar-refractivity contribution is 5.68. The Bertz CT molecular complexity index is 736. The SMILES string of the molecule is c1ccc2c(c1)NCC21COc2cc3c(cc21)CCCC3. The first-order valence-corrected chi connectivity index (χ1v) is 7.99. The molecule has 106 valence electrons. The molecule has 0 aromatic heterocycles. The van der Waals surface area contributed by atoms with E-state index >= 15 is 0 Å². The Morgan fingerprint density at radius 1 is 0.952 bits per heavy atom. The van der Waals surface area contributed by atoms with Crippen LogP contribution in [0.25, 0.3) is 0 Å². The predicted octanol–water partition coefficient (Wildman–Crippen LogP) is 3.67. The van der Waals surface area contributed by atoms with Crippen molar-refractivity contribution in [3.8, 4) is 5.75 Å². The lowest BCUT2D eigenvalue weighted by Gasteiger charge is -2.24. The maximum atomic E-state index is 6.12. The lowest BCUT2D eigenvalue weighted by molar-refractivity contribution is 0.302. The van der Waals surface area contributed by atoms with Crippen LogP contribution in [0.15, 0.2) is 36.4 Å². The fourth-order valence-electron chi connectivity index (χ4n) is 4.30. The molecule has 1 spiro atoms. The van der Waals surface area contributed by atoms with Gasteiger partial charge in [-0.3, -0.25) is 0 Å². The molecule has 21 heavy (non-hydrogen) atoms. The zero-order valence-corrected chi connectivity index (χ0v) is 12.1. The van der Waals surface area contributed by atoms with Crippen LogP contribution in [0.1, 0.15) is 35.1 Å². The largest absolute Gasteiger partial charge is 0.492 e. The predicted molar refractivity (Wildman–Crippen MR) is 84.3 cm³/mol. The first kappa shape index (κ1) is 11.7. The molecule has 0 amide bonds. The van der Waals surface area contributed by atoms with E-state index in [9.17, 15) is 0 Å². The minimum Gasteiger partial charge on any atom is -0.492 e. The maximum absolute atomic E-state index is 6.12. The van der Waals surface area contributed by atoms with Gasteiger partial charge in [0.25, 0.3) is 0 Å². The van der Waals surface area contributed by atoms with Crippen molar-refractivity contribution in [2.75, 3.05) is 18.5 Å². The molecule has 2 heteroatoms. The van der Waals surface area contributed by atoms with Gasteiger partial charge in [-0.1, -0.05) is 24.3 Å². The molecule has 3 aliphatic rings. The first-order valence-electron chi connectivity index (χ1n) is 7.99. The Morgan fingerprint density at radius 2 is 1.76 bits per heavy atom. The number of aryl methyl sites for hydroxylation is 2. The monoisotopic (exact) mass is 277 g/mol. The van der Waals surface area contributed by atoms with E-state index in [2.05, 4.69) is 41.7 Å². The minimum atomic E-state index is 0.0262. The van der Waals surface area contributed by atoms with Crippen LogP contribution < -0.4 is 10.1 Å². The van der Waals surface area contributed by atoms with Gasteiger partial charge in [0, 0.05) is 17.8 Å². The molecule has 2 aliphatic heterocycles. The van der Waals surface area contributed by atoms with Crippen molar-refractivity contribution in [2.45, 2.75) is 31.1 Å². The van der Waals surface area contributed by atoms with Gasteiger partial charge in [0.05, 0.1) is 5.41 Å². The minimum absolute atomic E-state index is 0.0262.